The van der Waals surface area contributed by atoms with Crippen molar-refractivity contribution in [1.82, 2.24) is 32.8 Å². The van der Waals surface area contributed by atoms with Gasteiger partial charge in [-0.3, -0.25) is 9.97 Å². The number of aromatic nitrogens is 19. The van der Waals surface area contributed by atoms with E-state index in [9.17, 15) is 0 Å². The van der Waals surface area contributed by atoms with Crippen LogP contribution < -0.4 is 55.1 Å². The molecule has 0 atom stereocenters. The minimum Gasteiger partial charge on any atom is -0.358 e. The van der Waals surface area contributed by atoms with Gasteiger partial charge in [-0.05, 0) is 118 Å². The van der Waals surface area contributed by atoms with Gasteiger partial charge in [-0.15, -0.1) is 4.57 Å². The number of rotatable bonds is 5. The minimum atomic E-state index is 0. The Kier molecular flexibility index (Phi) is 16.5. The van der Waals surface area contributed by atoms with E-state index in [2.05, 4.69) is 418 Å². The van der Waals surface area contributed by atoms with Crippen LogP contribution in [0.4, 0.5) is 0 Å². The maximum Gasteiger partial charge on any atom is 2.00 e. The van der Waals surface area contributed by atoms with Crippen LogP contribution in [0.5, 0.6) is 0 Å². The van der Waals surface area contributed by atoms with Gasteiger partial charge in [0, 0.05) is 77.0 Å². The molecule has 0 radical (unpaired) electrons. The van der Waals surface area contributed by atoms with Gasteiger partial charge in [0.25, 0.3) is 35.2 Å². The molecule has 15 aromatic heterocycles. The van der Waals surface area contributed by atoms with Crippen LogP contribution in [0.25, 0.3) is 167 Å². The molecule has 130 heavy (non-hydrogen) atoms. The van der Waals surface area contributed by atoms with Crippen LogP contribution in [0.3, 0.4) is 0 Å². The van der Waals surface area contributed by atoms with Crippen molar-refractivity contribution in [2.45, 2.75) is 72.1 Å². The molecule has 0 saturated carbocycles. The van der Waals surface area contributed by atoms with Crippen molar-refractivity contribution in [2.75, 3.05) is 0 Å². The first kappa shape index (κ1) is 75.7. The molecule has 0 amide bonds. The molecule has 34 rings (SSSR count). The summed E-state index contributed by atoms with van der Waals surface area (Å²) in [5, 5.41) is 12.0. The summed E-state index contributed by atoms with van der Waals surface area (Å²) in [5.74, 6) is 3.99. The number of pyridine rings is 10. The maximum atomic E-state index is 4.58. The summed E-state index contributed by atoms with van der Waals surface area (Å²) in [5.41, 5.74) is 37.5. The summed E-state index contributed by atoms with van der Waals surface area (Å²) in [4.78, 5) is 9.13. The van der Waals surface area contributed by atoms with Crippen LogP contribution >= 0.6 is 0 Å². The largest absolute Gasteiger partial charge is 2.00 e. The predicted molar refractivity (Wildman–Crippen MR) is 491 cm³/mol. The Morgan fingerprint density at radius 1 is 0.308 bits per heavy atom. The van der Waals surface area contributed by atoms with Gasteiger partial charge >= 0.3 is 48.7 Å². The van der Waals surface area contributed by atoms with Crippen LogP contribution in [0.2, 0.25) is 0 Å². The van der Waals surface area contributed by atoms with Crippen molar-refractivity contribution in [3.63, 3.8) is 0 Å². The second-order valence-corrected chi connectivity index (χ2v) is 35.3. The zero-order chi connectivity index (χ0) is 82.7. The summed E-state index contributed by atoms with van der Waals surface area (Å²) < 4.78 is 40.6. The molecule has 8 aromatic carbocycles. The van der Waals surface area contributed by atoms with Crippen molar-refractivity contribution < 1.29 is 74.6 Å². The number of benzene rings is 8. The smallest absolute Gasteiger partial charge is 0.358 e. The molecular formula is C110H87N19Zn+12. The summed E-state index contributed by atoms with van der Waals surface area (Å²) in [7, 11) is 2.19. The van der Waals surface area contributed by atoms with Gasteiger partial charge in [-0.2, -0.15) is 18.1 Å². The van der Waals surface area contributed by atoms with Gasteiger partial charge in [0.05, 0.1) is 85.5 Å². The number of hydrogen-bond donors (Lipinski definition) is 0. The number of nitrogens with zero attached hydrogens (tertiary/aromatic N) is 19. The van der Waals surface area contributed by atoms with Gasteiger partial charge in [-0.25, -0.2) is 27.4 Å². The van der Waals surface area contributed by atoms with E-state index in [1.54, 1.807) is 0 Å². The average Bonchev–Trinajstić information content (AvgIpc) is 1.49. The Hall–Kier alpha value is -15.7. The number of imidazole rings is 2. The maximum absolute atomic E-state index is 4.58. The summed E-state index contributed by atoms with van der Waals surface area (Å²) in [6.07, 6.45) is 21.3. The molecule has 11 aliphatic rings. The standard InChI is InChI=1S/C22H15N3.C22H17N3.C17H15N3.C16H10N3.C16H13N3.C15H11N4.2CH3.Zn/c1-2-6-14(7-3-1)20-18-13-23-11-5-10-17-16-9-4-8-15-12-24(20)22(19(15)16)25(18)21(17)23;1-3-8-16(9-4-1)20-19-15-23-13-7-12-18-14-24(25(19)22(18)23)21(20)17-10-5-2-6-11-17;1-18-14-11-19-9-5-8-13-10-20(16(14)15(13)19)17(18)12-6-3-2-4-7-12;1-3-11-12-4-2-8-19-9-10-5-7-18-15(13(10)16(12)19)14(11)17-6-1;1-2-5-12(6-3-1)14-10-18-9-13-7-4-8-17-11-15(14)19(18)16(13)17;1-3-10-7-17-9-18-8-16-6-2-5-12-11(4-1)13(10)15(17)19(18)14(12)16;;;/h1-11H,12-13H2;1-13H,14-15H2;2-9H,10-11H2,1H3;1-8H,9H2;1-8,10H,9,11H2;1-6,9H,7-8H2;2*1H3;/q3*+2;+1;+2;+3;2*-1;+2. The quantitative estimate of drug-likeness (QED) is 0.0743. The monoisotopic (exact) mass is 1740 g/mol. The molecular weight excluding hydrogens is 1650 g/mol. The molecule has 0 fully saturated rings. The molecule has 26 heterocycles. The van der Waals surface area contributed by atoms with E-state index in [1.165, 1.54) is 212 Å². The molecule has 0 bridgehead atoms. The second-order valence-electron chi connectivity index (χ2n) is 35.3. The summed E-state index contributed by atoms with van der Waals surface area (Å²) in [6, 6.07) is 99.8. The topological polar surface area (TPSA) is 96.0 Å². The van der Waals surface area contributed by atoms with Gasteiger partial charge in [0.2, 0.25) is 59.8 Å². The molecule has 11 aliphatic heterocycles. The molecule has 23 aromatic rings. The first-order valence-corrected chi connectivity index (χ1v) is 44.2. The predicted octanol–water partition coefficient (Wildman–Crippen LogP) is 13.2. The molecule has 0 unspecified atom stereocenters. The van der Waals surface area contributed by atoms with E-state index in [0.717, 1.165) is 83.1 Å². The van der Waals surface area contributed by atoms with Gasteiger partial charge < -0.3 is 14.9 Å². The molecule has 19 nitrogen and oxygen atoms in total. The average molecular weight is 1740 g/mol. The van der Waals surface area contributed by atoms with Crippen molar-refractivity contribution in [1.29, 1.82) is 0 Å². The molecule has 612 valence electrons. The van der Waals surface area contributed by atoms with Crippen LogP contribution in [-0.2, 0) is 98.6 Å². The van der Waals surface area contributed by atoms with Crippen LogP contribution in [0.1, 0.15) is 56.2 Å². The van der Waals surface area contributed by atoms with E-state index in [1.807, 2.05) is 18.5 Å². The number of hydrogen-bond acceptors (Lipinski definition) is 2. The van der Waals surface area contributed by atoms with Gasteiger partial charge in [0.1, 0.15) is 52.8 Å². The third-order valence-corrected chi connectivity index (χ3v) is 28.5. The fourth-order valence-corrected chi connectivity index (χ4v) is 23.6. The zero-order valence-electron chi connectivity index (χ0n) is 72.3. The molecule has 0 aliphatic carbocycles. The fraction of sp³-hybridized carbons (Fsp3) is 0.109. The first-order valence-electron chi connectivity index (χ1n) is 44.2. The van der Waals surface area contributed by atoms with Crippen molar-refractivity contribution in [3.8, 4) is 79.2 Å². The summed E-state index contributed by atoms with van der Waals surface area (Å²) >= 11 is 0. The third-order valence-electron chi connectivity index (χ3n) is 28.5. The second kappa shape index (κ2) is 28.4. The Bertz CT molecular complexity index is 8540. The van der Waals surface area contributed by atoms with Crippen molar-refractivity contribution in [2.24, 2.45) is 7.05 Å². The Balaban J connectivity index is 0.0000000821. The van der Waals surface area contributed by atoms with E-state index < -0.39 is 0 Å². The minimum absolute atomic E-state index is 0. The molecule has 0 spiro atoms. The Labute approximate surface area is 760 Å². The molecule has 0 saturated heterocycles. The van der Waals surface area contributed by atoms with E-state index in [4.69, 9.17) is 0 Å². The Morgan fingerprint density at radius 2 is 0.838 bits per heavy atom. The van der Waals surface area contributed by atoms with Crippen molar-refractivity contribution in [3.05, 3.63) is 412 Å². The third kappa shape index (κ3) is 10.4. The van der Waals surface area contributed by atoms with Crippen LogP contribution in [-0.4, -0.2) is 32.8 Å². The van der Waals surface area contributed by atoms with Gasteiger partial charge in [-0.1, -0.05) is 170 Å². The van der Waals surface area contributed by atoms with Crippen LogP contribution in [0.15, 0.2) is 341 Å². The Morgan fingerprint density at radius 3 is 1.57 bits per heavy atom. The normalized spacial score (nSPS) is 13.5. The molecule has 0 N–H and O–H groups in total. The number of fused-ring (bicyclic) bond motifs is 5. The van der Waals surface area contributed by atoms with Crippen LogP contribution in [0, 0.1) is 14.9 Å². The fourth-order valence-electron chi connectivity index (χ4n) is 23.6. The van der Waals surface area contributed by atoms with E-state index in [0.29, 0.717) is 0 Å². The van der Waals surface area contributed by atoms with Gasteiger partial charge in [0.15, 0.2) is 44.3 Å². The van der Waals surface area contributed by atoms with E-state index in [-0.39, 0.29) is 34.3 Å². The van der Waals surface area contributed by atoms with E-state index >= 15 is 0 Å². The SMILES string of the molecule is Cn1c2c3[n+](c1-c1ccccc1)Cc1ccc[n+](c1-3)C2.[CH3-].[CH3-].[Zn+2].c1cc2c3c(c1)c1ccc[n+]4c1n1c3[n+](c[n+]1C4)C2.c1ccc(-c2c3n4[n+](c2-c2ccccc2)Cc2ccc[n+](c2-4)C3)cc1.c1ccc(-c2c3n4c5c(ccc[n+]5C3)c3cccc5c3c4[n+]2C5)cc1.c1ccc(-c2c[n+]3n4c2C[n+]2cccc(c2-4)C3)cc1.c1cnc2c(c1)c1ccc[n+]3c1c1c(ccnc21)C3. The first-order chi connectivity index (χ1) is 62.9. The summed E-state index contributed by atoms with van der Waals surface area (Å²) in [6.45, 7) is 10.5. The van der Waals surface area contributed by atoms with Crippen molar-refractivity contribution >= 4 is 87.6 Å². The molecule has 20 heteroatoms. The zero-order valence-corrected chi connectivity index (χ0v) is 75.3.